The molecule has 1 N–H and O–H groups in total. The summed E-state index contributed by atoms with van der Waals surface area (Å²) in [4.78, 5) is 16.4. The van der Waals surface area contributed by atoms with Gasteiger partial charge in [-0.1, -0.05) is 49.4 Å². The lowest BCUT2D eigenvalue weighted by molar-refractivity contribution is -0.118. The number of nitrogens with zero attached hydrogens (tertiary/aromatic N) is 1. The maximum Gasteiger partial charge on any atom is 0.264 e. The summed E-state index contributed by atoms with van der Waals surface area (Å²) in [5.74, 6) is 0.935. The van der Waals surface area contributed by atoms with E-state index >= 15 is 0 Å². The second kappa shape index (κ2) is 6.79. The third-order valence-corrected chi connectivity index (χ3v) is 4.37. The zero-order chi connectivity index (χ0) is 16.2. The second-order valence-electron chi connectivity index (χ2n) is 5.55. The normalized spacial score (nSPS) is 10.9. The Morgan fingerprint density at radius 1 is 1.22 bits per heavy atom. The first-order valence-corrected chi connectivity index (χ1v) is 8.31. The molecule has 1 aromatic heterocycles. The summed E-state index contributed by atoms with van der Waals surface area (Å²) in [6.45, 7) is 4.29. The Balaban J connectivity index is 1.65. The highest BCUT2D eigenvalue weighted by Gasteiger charge is 2.10. The molecule has 1 amide bonds. The van der Waals surface area contributed by atoms with Gasteiger partial charge < -0.3 is 4.74 Å². The summed E-state index contributed by atoms with van der Waals surface area (Å²) in [5.41, 5.74) is 2.17. The molecule has 0 aliphatic carbocycles. The van der Waals surface area contributed by atoms with Gasteiger partial charge in [-0.05, 0) is 35.7 Å². The van der Waals surface area contributed by atoms with Crippen molar-refractivity contribution in [2.45, 2.75) is 19.8 Å². The summed E-state index contributed by atoms with van der Waals surface area (Å²) in [6.07, 6.45) is 0. The number of para-hydroxylation sites is 1. The summed E-state index contributed by atoms with van der Waals surface area (Å²) < 4.78 is 6.51. The van der Waals surface area contributed by atoms with Crippen LogP contribution in [-0.2, 0) is 4.79 Å². The Kier molecular flexibility index (Phi) is 4.57. The van der Waals surface area contributed by atoms with Gasteiger partial charge in [-0.15, -0.1) is 0 Å². The largest absolute Gasteiger partial charge is 0.484 e. The molecule has 0 unspecified atom stereocenters. The molecule has 0 aliphatic rings. The van der Waals surface area contributed by atoms with Crippen LogP contribution in [0.2, 0.25) is 0 Å². The Morgan fingerprint density at radius 2 is 2.00 bits per heavy atom. The molecule has 3 rings (SSSR count). The molecule has 5 heteroatoms. The maximum absolute atomic E-state index is 12.0. The molecule has 0 fully saturated rings. The smallest absolute Gasteiger partial charge is 0.264 e. The first-order valence-electron chi connectivity index (χ1n) is 7.50. The Hall–Kier alpha value is -2.40. The van der Waals surface area contributed by atoms with Crippen LogP contribution in [0.1, 0.15) is 25.3 Å². The van der Waals surface area contributed by atoms with Crippen molar-refractivity contribution in [3.63, 3.8) is 0 Å². The third-order valence-electron chi connectivity index (χ3n) is 3.44. The van der Waals surface area contributed by atoms with Gasteiger partial charge in [0.25, 0.3) is 5.91 Å². The van der Waals surface area contributed by atoms with Crippen molar-refractivity contribution in [2.24, 2.45) is 0 Å². The van der Waals surface area contributed by atoms with Gasteiger partial charge in [-0.3, -0.25) is 10.1 Å². The number of hydrogen-bond acceptors (Lipinski definition) is 4. The first-order chi connectivity index (χ1) is 11.1. The van der Waals surface area contributed by atoms with Gasteiger partial charge in [0.2, 0.25) is 0 Å². The van der Waals surface area contributed by atoms with Gasteiger partial charge in [-0.25, -0.2) is 4.98 Å². The number of amides is 1. The Bertz CT molecular complexity index is 812. The number of hydrogen-bond donors (Lipinski definition) is 1. The molecule has 2 aromatic carbocycles. The molecule has 3 aromatic rings. The number of ether oxygens (including phenoxy) is 1. The second-order valence-corrected chi connectivity index (χ2v) is 6.58. The molecular weight excluding hydrogens is 308 g/mol. The number of carbonyl (C=O) groups excluding carboxylic acids is 1. The zero-order valence-electron chi connectivity index (χ0n) is 13.1. The summed E-state index contributed by atoms with van der Waals surface area (Å²) in [7, 11) is 0. The SMILES string of the molecule is CC(C)c1ccc2nc(NC(=O)COc3ccccc3)sc2c1. The van der Waals surface area contributed by atoms with Gasteiger partial charge in [0.15, 0.2) is 11.7 Å². The van der Waals surface area contributed by atoms with Gasteiger partial charge in [0.05, 0.1) is 10.2 Å². The Morgan fingerprint density at radius 3 is 2.74 bits per heavy atom. The molecule has 0 bridgehead atoms. The minimum atomic E-state index is -0.211. The van der Waals surface area contributed by atoms with E-state index in [0.717, 1.165) is 10.2 Å². The average Bonchev–Trinajstić information content (AvgIpc) is 2.95. The number of aromatic nitrogens is 1. The molecule has 23 heavy (non-hydrogen) atoms. The number of carbonyl (C=O) groups is 1. The Labute approximate surface area is 139 Å². The topological polar surface area (TPSA) is 51.2 Å². The van der Waals surface area contributed by atoms with Crippen molar-refractivity contribution < 1.29 is 9.53 Å². The minimum Gasteiger partial charge on any atom is -0.484 e. The van der Waals surface area contributed by atoms with Crippen molar-refractivity contribution >= 4 is 32.6 Å². The molecule has 0 aliphatic heterocycles. The van der Waals surface area contributed by atoms with Crippen LogP contribution >= 0.6 is 11.3 Å². The van der Waals surface area contributed by atoms with E-state index in [9.17, 15) is 4.79 Å². The lowest BCUT2D eigenvalue weighted by atomic mass is 10.0. The standard InChI is InChI=1S/C18H18N2O2S/c1-12(2)13-8-9-15-16(10-13)23-18(19-15)20-17(21)11-22-14-6-4-3-5-7-14/h3-10,12H,11H2,1-2H3,(H,19,20,21). The highest BCUT2D eigenvalue weighted by atomic mass is 32.1. The quantitative estimate of drug-likeness (QED) is 0.754. The van der Waals surface area contributed by atoms with E-state index in [4.69, 9.17) is 4.74 Å². The number of nitrogens with one attached hydrogen (secondary N) is 1. The lowest BCUT2D eigenvalue weighted by Crippen LogP contribution is -2.19. The number of fused-ring (bicyclic) bond motifs is 1. The molecule has 118 valence electrons. The van der Waals surface area contributed by atoms with E-state index in [-0.39, 0.29) is 12.5 Å². The van der Waals surface area contributed by atoms with Gasteiger partial charge >= 0.3 is 0 Å². The lowest BCUT2D eigenvalue weighted by Gasteiger charge is -2.04. The fraction of sp³-hybridized carbons (Fsp3) is 0.222. The fourth-order valence-corrected chi connectivity index (χ4v) is 3.11. The van der Waals surface area contributed by atoms with Crippen molar-refractivity contribution in [3.05, 3.63) is 54.1 Å². The van der Waals surface area contributed by atoms with Crippen LogP contribution in [0.3, 0.4) is 0 Å². The molecule has 0 saturated heterocycles. The number of thiazole rings is 1. The van der Waals surface area contributed by atoms with Gasteiger partial charge in [0, 0.05) is 0 Å². The van der Waals surface area contributed by atoms with Crippen LogP contribution in [0.5, 0.6) is 5.75 Å². The van der Waals surface area contributed by atoms with Crippen LogP contribution in [0, 0.1) is 0 Å². The molecule has 0 spiro atoms. The summed E-state index contributed by atoms with van der Waals surface area (Å²) >= 11 is 1.48. The van der Waals surface area contributed by atoms with E-state index in [1.54, 1.807) is 0 Å². The molecule has 0 radical (unpaired) electrons. The van der Waals surface area contributed by atoms with Crippen LogP contribution in [0.25, 0.3) is 10.2 Å². The highest BCUT2D eigenvalue weighted by molar-refractivity contribution is 7.22. The number of benzene rings is 2. The molecular formula is C18H18N2O2S. The molecule has 0 saturated carbocycles. The van der Waals surface area contributed by atoms with Crippen molar-refractivity contribution in [1.82, 2.24) is 4.98 Å². The van der Waals surface area contributed by atoms with Crippen LogP contribution in [0.15, 0.2) is 48.5 Å². The molecule has 1 heterocycles. The summed E-state index contributed by atoms with van der Waals surface area (Å²) in [6, 6.07) is 15.5. The maximum atomic E-state index is 12.0. The fourth-order valence-electron chi connectivity index (χ4n) is 2.17. The van der Waals surface area contributed by atoms with Crippen molar-refractivity contribution in [3.8, 4) is 5.75 Å². The zero-order valence-corrected chi connectivity index (χ0v) is 13.9. The molecule has 4 nitrogen and oxygen atoms in total. The third kappa shape index (κ3) is 3.87. The number of rotatable bonds is 5. The van der Waals surface area contributed by atoms with Crippen LogP contribution < -0.4 is 10.1 Å². The van der Waals surface area contributed by atoms with E-state index in [1.165, 1.54) is 16.9 Å². The summed E-state index contributed by atoms with van der Waals surface area (Å²) in [5, 5.41) is 3.39. The molecule has 0 atom stereocenters. The highest BCUT2D eigenvalue weighted by Crippen LogP contribution is 2.28. The first kappa shape index (κ1) is 15.5. The minimum absolute atomic E-state index is 0.0306. The monoisotopic (exact) mass is 326 g/mol. The van der Waals surface area contributed by atoms with Gasteiger partial charge in [0.1, 0.15) is 5.75 Å². The van der Waals surface area contributed by atoms with Crippen molar-refractivity contribution in [1.29, 1.82) is 0 Å². The van der Waals surface area contributed by atoms with Gasteiger partial charge in [-0.2, -0.15) is 0 Å². The van der Waals surface area contributed by atoms with E-state index < -0.39 is 0 Å². The average molecular weight is 326 g/mol. The number of anilines is 1. The van der Waals surface area contributed by atoms with Crippen LogP contribution in [0.4, 0.5) is 5.13 Å². The van der Waals surface area contributed by atoms with E-state index in [1.807, 2.05) is 36.4 Å². The van der Waals surface area contributed by atoms with Crippen molar-refractivity contribution in [2.75, 3.05) is 11.9 Å². The van der Waals surface area contributed by atoms with Crippen LogP contribution in [-0.4, -0.2) is 17.5 Å². The predicted octanol–water partition coefficient (Wildman–Crippen LogP) is 4.44. The predicted molar refractivity (Wildman–Crippen MR) is 94.3 cm³/mol. The van der Waals surface area contributed by atoms with E-state index in [0.29, 0.717) is 16.8 Å². The van der Waals surface area contributed by atoms with E-state index in [2.05, 4.69) is 36.3 Å².